The lowest BCUT2D eigenvalue weighted by molar-refractivity contribution is -0.121. The van der Waals surface area contributed by atoms with Crippen molar-refractivity contribution in [2.45, 2.75) is 32.7 Å². The second-order valence-electron chi connectivity index (χ2n) is 9.26. The van der Waals surface area contributed by atoms with Crippen LogP contribution < -0.4 is 15.5 Å². The van der Waals surface area contributed by atoms with Gasteiger partial charge in [0.1, 0.15) is 0 Å². The van der Waals surface area contributed by atoms with Gasteiger partial charge in [-0.1, -0.05) is 56.3 Å². The third-order valence-electron chi connectivity index (χ3n) is 6.06. The molecule has 168 valence electrons. The zero-order valence-corrected chi connectivity index (χ0v) is 19.0. The van der Waals surface area contributed by atoms with Gasteiger partial charge < -0.3 is 20.3 Å². The van der Waals surface area contributed by atoms with Crippen molar-refractivity contribution in [1.82, 2.24) is 5.32 Å². The molecule has 0 fully saturated rings. The fourth-order valence-electron chi connectivity index (χ4n) is 4.71. The molecule has 1 atom stereocenters. The maximum atomic E-state index is 13.5. The standard InChI is InChI=1S/C26H31N3O3/c1-26(2)15-20-24(22(30)16-26)25(18-9-5-4-6-10-18)29(17-23(31)27-13-14-32-3)21-12-8-7-11-19(21)28-20/h4-12,25,28H,13-17H2,1-3H3,(H,27,31)/t25-/m0/s1. The molecule has 0 bridgehead atoms. The van der Waals surface area contributed by atoms with Crippen molar-refractivity contribution in [2.75, 3.05) is 37.0 Å². The first-order valence-electron chi connectivity index (χ1n) is 11.1. The van der Waals surface area contributed by atoms with Crippen LogP contribution in [0.5, 0.6) is 0 Å². The minimum Gasteiger partial charge on any atom is -0.383 e. The fraction of sp³-hybridized carbons (Fsp3) is 0.385. The molecule has 1 aliphatic carbocycles. The number of hydrogen-bond donors (Lipinski definition) is 2. The summed E-state index contributed by atoms with van der Waals surface area (Å²) >= 11 is 0. The zero-order valence-electron chi connectivity index (χ0n) is 19.0. The molecular weight excluding hydrogens is 402 g/mol. The smallest absolute Gasteiger partial charge is 0.239 e. The Hall–Kier alpha value is -3.12. The van der Waals surface area contributed by atoms with Crippen LogP contribution in [0, 0.1) is 5.41 Å². The van der Waals surface area contributed by atoms with Crippen LogP contribution in [0.1, 0.15) is 38.3 Å². The highest BCUT2D eigenvalue weighted by Gasteiger charge is 2.41. The van der Waals surface area contributed by atoms with Crippen LogP contribution in [0.15, 0.2) is 65.9 Å². The van der Waals surface area contributed by atoms with Crippen molar-refractivity contribution >= 4 is 23.1 Å². The summed E-state index contributed by atoms with van der Waals surface area (Å²) in [7, 11) is 1.61. The lowest BCUT2D eigenvalue weighted by Gasteiger charge is -2.37. The summed E-state index contributed by atoms with van der Waals surface area (Å²) in [6.07, 6.45) is 1.26. The third-order valence-corrected chi connectivity index (χ3v) is 6.06. The third kappa shape index (κ3) is 4.55. The predicted molar refractivity (Wildman–Crippen MR) is 127 cm³/mol. The molecule has 1 aliphatic heterocycles. The predicted octanol–water partition coefficient (Wildman–Crippen LogP) is 4.07. The molecule has 0 aromatic heterocycles. The van der Waals surface area contributed by atoms with Gasteiger partial charge in [-0.25, -0.2) is 0 Å². The van der Waals surface area contributed by atoms with Crippen molar-refractivity contribution in [2.24, 2.45) is 5.41 Å². The molecule has 0 saturated carbocycles. The van der Waals surface area contributed by atoms with E-state index in [0.29, 0.717) is 19.6 Å². The molecule has 6 nitrogen and oxygen atoms in total. The number of carbonyl (C=O) groups excluding carboxylic acids is 2. The number of nitrogens with zero attached hydrogens (tertiary/aromatic N) is 1. The van der Waals surface area contributed by atoms with Crippen LogP contribution in [0.25, 0.3) is 0 Å². The molecule has 0 radical (unpaired) electrons. The first-order valence-corrected chi connectivity index (χ1v) is 11.1. The number of ether oxygens (including phenoxy) is 1. The Balaban J connectivity index is 1.84. The van der Waals surface area contributed by atoms with Crippen LogP contribution in [0.2, 0.25) is 0 Å². The first-order chi connectivity index (χ1) is 15.4. The highest BCUT2D eigenvalue weighted by Crippen LogP contribution is 2.48. The molecule has 0 spiro atoms. The van der Waals surface area contributed by atoms with E-state index in [1.807, 2.05) is 54.6 Å². The molecule has 4 rings (SSSR count). The quantitative estimate of drug-likeness (QED) is 0.672. The lowest BCUT2D eigenvalue weighted by atomic mass is 9.73. The van der Waals surface area contributed by atoms with Crippen molar-refractivity contribution < 1.29 is 14.3 Å². The van der Waals surface area contributed by atoms with Crippen LogP contribution in [-0.4, -0.2) is 38.5 Å². The largest absolute Gasteiger partial charge is 0.383 e. The van der Waals surface area contributed by atoms with E-state index in [9.17, 15) is 9.59 Å². The molecule has 6 heteroatoms. The van der Waals surface area contributed by atoms with Gasteiger partial charge in [-0.2, -0.15) is 0 Å². The maximum Gasteiger partial charge on any atom is 0.239 e. The Morgan fingerprint density at radius 2 is 1.84 bits per heavy atom. The Morgan fingerprint density at radius 3 is 2.59 bits per heavy atom. The van der Waals surface area contributed by atoms with Crippen LogP contribution in [0.3, 0.4) is 0 Å². The minimum absolute atomic E-state index is 0.106. The number of anilines is 2. The van der Waals surface area contributed by atoms with Crippen molar-refractivity contribution in [1.29, 1.82) is 0 Å². The highest BCUT2D eigenvalue weighted by molar-refractivity contribution is 6.01. The molecule has 1 amide bonds. The maximum absolute atomic E-state index is 13.5. The van der Waals surface area contributed by atoms with E-state index < -0.39 is 0 Å². The van der Waals surface area contributed by atoms with Gasteiger partial charge in [0, 0.05) is 31.3 Å². The summed E-state index contributed by atoms with van der Waals surface area (Å²) < 4.78 is 5.06. The molecule has 32 heavy (non-hydrogen) atoms. The molecule has 0 unspecified atom stereocenters. The summed E-state index contributed by atoms with van der Waals surface area (Å²) in [6.45, 7) is 5.29. The average Bonchev–Trinajstić information content (AvgIpc) is 2.88. The molecule has 2 N–H and O–H groups in total. The van der Waals surface area contributed by atoms with Crippen molar-refractivity contribution in [3.8, 4) is 0 Å². The molecule has 1 heterocycles. The summed E-state index contributed by atoms with van der Waals surface area (Å²) in [6, 6.07) is 17.6. The Kier molecular flexibility index (Phi) is 6.33. The number of hydrogen-bond acceptors (Lipinski definition) is 5. The van der Waals surface area contributed by atoms with Gasteiger partial charge in [0.2, 0.25) is 5.91 Å². The lowest BCUT2D eigenvalue weighted by Crippen LogP contribution is -2.42. The Morgan fingerprint density at radius 1 is 1.12 bits per heavy atom. The highest BCUT2D eigenvalue weighted by atomic mass is 16.5. The van der Waals surface area contributed by atoms with Gasteiger partial charge in [0.15, 0.2) is 5.78 Å². The summed E-state index contributed by atoms with van der Waals surface area (Å²) in [4.78, 5) is 28.5. The topological polar surface area (TPSA) is 70.7 Å². The number of fused-ring (bicyclic) bond motifs is 1. The Bertz CT molecular complexity index is 1030. The Labute approximate surface area is 189 Å². The zero-order chi connectivity index (χ0) is 22.7. The number of allylic oxidation sites excluding steroid dienone is 1. The number of ketones is 1. The number of rotatable bonds is 6. The van der Waals surface area contributed by atoms with Gasteiger partial charge in [0.25, 0.3) is 0 Å². The number of Topliss-reactive ketones (excluding diaryl/α,β-unsaturated/α-hetero) is 1. The first kappa shape index (κ1) is 22.1. The van der Waals surface area contributed by atoms with E-state index in [4.69, 9.17) is 4.74 Å². The number of amides is 1. The van der Waals surface area contributed by atoms with Gasteiger partial charge in [-0.3, -0.25) is 9.59 Å². The normalized spacial score (nSPS) is 19.5. The van der Waals surface area contributed by atoms with Gasteiger partial charge in [-0.15, -0.1) is 0 Å². The van der Waals surface area contributed by atoms with E-state index in [0.717, 1.165) is 34.6 Å². The number of methoxy groups -OCH3 is 1. The van der Waals surface area contributed by atoms with Gasteiger partial charge in [0.05, 0.1) is 30.6 Å². The SMILES string of the molecule is COCCNC(=O)CN1c2ccccc2NC2=C(C(=O)CC(C)(C)C2)[C@@H]1c1ccccc1. The van der Waals surface area contributed by atoms with E-state index in [2.05, 4.69) is 29.4 Å². The average molecular weight is 434 g/mol. The van der Waals surface area contributed by atoms with Crippen molar-refractivity contribution in [3.63, 3.8) is 0 Å². The van der Waals surface area contributed by atoms with E-state index >= 15 is 0 Å². The molecule has 0 saturated heterocycles. The molecule has 2 aliphatic rings. The summed E-state index contributed by atoms with van der Waals surface area (Å²) in [5.41, 5.74) is 4.41. The number of benzene rings is 2. The van der Waals surface area contributed by atoms with Crippen LogP contribution in [-0.2, 0) is 14.3 Å². The van der Waals surface area contributed by atoms with Crippen molar-refractivity contribution in [3.05, 3.63) is 71.4 Å². The fourth-order valence-corrected chi connectivity index (χ4v) is 4.71. The summed E-state index contributed by atoms with van der Waals surface area (Å²) in [5.74, 6) is 0.0284. The van der Waals surface area contributed by atoms with Crippen LogP contribution >= 0.6 is 0 Å². The molecule has 2 aromatic rings. The van der Waals surface area contributed by atoms with E-state index in [1.165, 1.54) is 0 Å². The summed E-state index contributed by atoms with van der Waals surface area (Å²) in [5, 5.41) is 6.49. The number of para-hydroxylation sites is 2. The number of nitrogens with one attached hydrogen (secondary N) is 2. The van der Waals surface area contributed by atoms with E-state index in [1.54, 1.807) is 7.11 Å². The minimum atomic E-state index is -0.348. The number of carbonyl (C=O) groups is 2. The van der Waals surface area contributed by atoms with Gasteiger partial charge >= 0.3 is 0 Å². The second kappa shape index (κ2) is 9.17. The monoisotopic (exact) mass is 433 g/mol. The molecular formula is C26H31N3O3. The van der Waals surface area contributed by atoms with E-state index in [-0.39, 0.29) is 29.7 Å². The second-order valence-corrected chi connectivity index (χ2v) is 9.26. The molecule has 2 aromatic carbocycles. The van der Waals surface area contributed by atoms with Gasteiger partial charge in [-0.05, 0) is 29.5 Å². The van der Waals surface area contributed by atoms with Crippen LogP contribution in [0.4, 0.5) is 11.4 Å².